The van der Waals surface area contributed by atoms with Gasteiger partial charge in [0.2, 0.25) is 11.7 Å². The van der Waals surface area contributed by atoms with E-state index in [4.69, 9.17) is 9.51 Å². The molecule has 164 valence electrons. The predicted molar refractivity (Wildman–Crippen MR) is 123 cm³/mol. The second-order valence-electron chi connectivity index (χ2n) is 9.68. The highest BCUT2D eigenvalue weighted by molar-refractivity contribution is 5.81. The van der Waals surface area contributed by atoms with Crippen LogP contribution in [0.1, 0.15) is 61.8 Å². The smallest absolute Gasteiger partial charge is 0.258 e. The van der Waals surface area contributed by atoms with Gasteiger partial charge in [0.25, 0.3) is 5.89 Å². The molecule has 3 aliphatic rings. The highest BCUT2D eigenvalue weighted by Gasteiger charge is 2.46. The lowest BCUT2D eigenvalue weighted by molar-refractivity contribution is -0.129. The van der Waals surface area contributed by atoms with Gasteiger partial charge in [-0.1, -0.05) is 55.3 Å². The summed E-state index contributed by atoms with van der Waals surface area (Å²) in [4.78, 5) is 19.3. The Morgan fingerprint density at radius 3 is 2.72 bits per heavy atom. The van der Waals surface area contributed by atoms with Crippen molar-refractivity contribution in [2.24, 2.45) is 11.8 Å². The van der Waals surface area contributed by atoms with Crippen molar-refractivity contribution >= 4 is 5.91 Å². The minimum atomic E-state index is 0.201. The fourth-order valence-electron chi connectivity index (χ4n) is 5.60. The Bertz CT molecular complexity index is 1150. The molecule has 1 saturated heterocycles. The van der Waals surface area contributed by atoms with E-state index in [0.29, 0.717) is 30.0 Å². The predicted octanol–water partition coefficient (Wildman–Crippen LogP) is 5.60. The van der Waals surface area contributed by atoms with Crippen LogP contribution in [0.2, 0.25) is 0 Å². The molecular formula is C27H29N3O2. The van der Waals surface area contributed by atoms with Crippen LogP contribution in [0.4, 0.5) is 0 Å². The number of amides is 1. The summed E-state index contributed by atoms with van der Waals surface area (Å²) in [5.74, 6) is 2.81. The van der Waals surface area contributed by atoms with Gasteiger partial charge in [0.05, 0.1) is 6.04 Å². The molecule has 32 heavy (non-hydrogen) atoms. The maximum atomic E-state index is 12.5. The quantitative estimate of drug-likeness (QED) is 0.492. The highest BCUT2D eigenvalue weighted by Crippen LogP contribution is 2.49. The Morgan fingerprint density at radius 1 is 1.09 bits per heavy atom. The van der Waals surface area contributed by atoms with Crippen molar-refractivity contribution in [3.8, 4) is 22.8 Å². The molecule has 2 fully saturated rings. The van der Waals surface area contributed by atoms with E-state index >= 15 is 0 Å². The average molecular weight is 428 g/mol. The molecule has 2 aromatic carbocycles. The summed E-state index contributed by atoms with van der Waals surface area (Å²) < 4.78 is 5.66. The Balaban J connectivity index is 1.26. The van der Waals surface area contributed by atoms with E-state index in [1.807, 2.05) is 0 Å². The Morgan fingerprint density at radius 2 is 1.94 bits per heavy atom. The van der Waals surface area contributed by atoms with E-state index in [-0.39, 0.29) is 6.04 Å². The van der Waals surface area contributed by atoms with E-state index < -0.39 is 0 Å². The molecular weight excluding hydrogens is 398 g/mol. The van der Waals surface area contributed by atoms with Crippen LogP contribution in [-0.2, 0) is 17.6 Å². The first-order valence-corrected chi connectivity index (χ1v) is 12.1. The van der Waals surface area contributed by atoms with Crippen molar-refractivity contribution in [1.82, 2.24) is 15.0 Å². The molecule has 1 saturated carbocycles. The lowest BCUT2D eigenvalue weighted by atomic mass is 10.0. The van der Waals surface area contributed by atoms with E-state index in [1.54, 1.807) is 0 Å². The number of benzene rings is 2. The van der Waals surface area contributed by atoms with Crippen LogP contribution in [0.25, 0.3) is 22.8 Å². The van der Waals surface area contributed by atoms with Crippen LogP contribution in [0, 0.1) is 11.8 Å². The molecule has 5 nitrogen and oxygen atoms in total. The monoisotopic (exact) mass is 427 g/mol. The summed E-state index contributed by atoms with van der Waals surface area (Å²) in [5, 5.41) is 4.33. The number of rotatable bonds is 7. The number of aromatic nitrogens is 2. The lowest BCUT2D eigenvalue weighted by Crippen LogP contribution is -2.28. The molecule has 0 spiro atoms. The van der Waals surface area contributed by atoms with Crippen molar-refractivity contribution in [1.29, 1.82) is 0 Å². The second-order valence-corrected chi connectivity index (χ2v) is 9.68. The van der Waals surface area contributed by atoms with Gasteiger partial charge in [-0.2, -0.15) is 4.98 Å². The number of likely N-dealkylation sites (tertiary alicyclic amines) is 1. The summed E-state index contributed by atoms with van der Waals surface area (Å²) in [6.07, 6.45) is 7.78. The molecule has 1 aromatic heterocycles. The molecule has 0 radical (unpaired) electrons. The molecule has 6 rings (SSSR count). The molecule has 0 bridgehead atoms. The first-order valence-electron chi connectivity index (χ1n) is 12.1. The van der Waals surface area contributed by atoms with E-state index in [1.165, 1.54) is 36.0 Å². The van der Waals surface area contributed by atoms with Crippen LogP contribution in [-0.4, -0.2) is 27.5 Å². The maximum Gasteiger partial charge on any atom is 0.258 e. The first kappa shape index (κ1) is 19.7. The maximum absolute atomic E-state index is 12.5. The van der Waals surface area contributed by atoms with Gasteiger partial charge < -0.3 is 9.42 Å². The summed E-state index contributed by atoms with van der Waals surface area (Å²) in [5.41, 5.74) is 5.91. The molecule has 0 N–H and O–H groups in total. The van der Waals surface area contributed by atoms with Gasteiger partial charge in [0, 0.05) is 24.1 Å². The van der Waals surface area contributed by atoms with E-state index in [9.17, 15) is 4.79 Å². The number of carbonyl (C=O) groups excluding carboxylic acids is 1. The van der Waals surface area contributed by atoms with Crippen LogP contribution in [0.5, 0.6) is 0 Å². The van der Waals surface area contributed by atoms with Crippen molar-refractivity contribution < 1.29 is 9.32 Å². The summed E-state index contributed by atoms with van der Waals surface area (Å²) >= 11 is 0. The molecule has 2 atom stereocenters. The summed E-state index contributed by atoms with van der Waals surface area (Å²) in [7, 11) is 0. The first-order chi connectivity index (χ1) is 15.7. The molecule has 2 aliphatic carbocycles. The van der Waals surface area contributed by atoms with Gasteiger partial charge in [-0.3, -0.25) is 4.79 Å². The van der Waals surface area contributed by atoms with Crippen molar-refractivity contribution in [2.75, 3.05) is 6.54 Å². The number of carbonyl (C=O) groups is 1. The van der Waals surface area contributed by atoms with Gasteiger partial charge in [-0.25, -0.2) is 0 Å². The third-order valence-corrected chi connectivity index (χ3v) is 7.41. The molecule has 2 heterocycles. The fraction of sp³-hybridized carbons (Fsp3) is 0.444. The number of hydrogen-bond donors (Lipinski definition) is 0. The lowest BCUT2D eigenvalue weighted by Gasteiger charge is -2.24. The molecule has 1 amide bonds. The zero-order valence-corrected chi connectivity index (χ0v) is 18.6. The average Bonchev–Trinajstić information content (AvgIpc) is 3.25. The van der Waals surface area contributed by atoms with Crippen molar-refractivity contribution in [3.05, 3.63) is 59.2 Å². The molecule has 1 aliphatic heterocycles. The van der Waals surface area contributed by atoms with Gasteiger partial charge in [0.1, 0.15) is 0 Å². The fourth-order valence-corrected chi connectivity index (χ4v) is 5.60. The topological polar surface area (TPSA) is 59.2 Å². The van der Waals surface area contributed by atoms with Crippen LogP contribution in [0.15, 0.2) is 47.0 Å². The molecule has 5 heteroatoms. The second kappa shape index (κ2) is 7.88. The van der Waals surface area contributed by atoms with E-state index in [0.717, 1.165) is 42.9 Å². The number of nitrogens with zero attached hydrogens (tertiary/aromatic N) is 3. The summed E-state index contributed by atoms with van der Waals surface area (Å²) in [6.45, 7) is 2.96. The van der Waals surface area contributed by atoms with E-state index in [2.05, 4.69) is 59.4 Å². The number of hydrogen-bond acceptors (Lipinski definition) is 4. The molecule has 0 unspecified atom stereocenters. The van der Waals surface area contributed by atoms with Gasteiger partial charge in [0.15, 0.2) is 0 Å². The van der Waals surface area contributed by atoms with Gasteiger partial charge in [-0.05, 0) is 66.3 Å². The Hall–Kier alpha value is -2.95. The third-order valence-electron chi connectivity index (χ3n) is 7.41. The van der Waals surface area contributed by atoms with Crippen LogP contribution in [0.3, 0.4) is 0 Å². The largest absolute Gasteiger partial charge is 0.335 e. The SMILES string of the molecule is CCCN1C(=O)C[C@@H]2Cc3c(-c4noc(-c5ccc(CCC6CC6)cc5)n4)cccc3[C@@H]21. The highest BCUT2D eigenvalue weighted by atomic mass is 16.5. The van der Waals surface area contributed by atoms with Gasteiger partial charge in [-0.15, -0.1) is 0 Å². The zero-order chi connectivity index (χ0) is 21.7. The standard InChI is InChI=1S/C27H29N3O2/c1-2-14-30-24(31)16-20-15-23-21(25(20)30)4-3-5-22(23)26-28-27(32-29-26)19-12-10-18(11-13-19)9-8-17-6-7-17/h3-5,10-13,17,20,25H,2,6-9,14-16H2,1H3/t20-,25+/m0/s1. The minimum absolute atomic E-state index is 0.201. The minimum Gasteiger partial charge on any atom is -0.335 e. The normalized spacial score (nSPS) is 21.8. The number of aryl methyl sites for hydroxylation is 1. The van der Waals surface area contributed by atoms with Crippen molar-refractivity contribution in [2.45, 2.75) is 57.9 Å². The Kier molecular flexibility index (Phi) is 4.85. The number of fused-ring (bicyclic) bond motifs is 3. The Labute approximate surface area is 188 Å². The van der Waals surface area contributed by atoms with Gasteiger partial charge >= 0.3 is 0 Å². The van der Waals surface area contributed by atoms with Crippen LogP contribution < -0.4 is 0 Å². The zero-order valence-electron chi connectivity index (χ0n) is 18.6. The third kappa shape index (κ3) is 3.44. The van der Waals surface area contributed by atoms with Crippen LogP contribution >= 0.6 is 0 Å². The molecule has 3 aromatic rings. The summed E-state index contributed by atoms with van der Waals surface area (Å²) in [6, 6.07) is 15.1. The van der Waals surface area contributed by atoms with Crippen molar-refractivity contribution in [3.63, 3.8) is 0 Å².